The molecule has 0 amide bonds. The maximum absolute atomic E-state index is 11.2. The van der Waals surface area contributed by atoms with Crippen LogP contribution in [0.2, 0.25) is 0 Å². The molecule has 0 aromatic rings. The molecule has 0 atom stereocenters. The predicted molar refractivity (Wildman–Crippen MR) is 51.1 cm³/mol. The fourth-order valence-electron chi connectivity index (χ4n) is 1.10. The Hall–Kier alpha value is -0.790. The van der Waals surface area contributed by atoms with Crippen LogP contribution in [0.25, 0.3) is 0 Å². The van der Waals surface area contributed by atoms with E-state index in [1.165, 1.54) is 0 Å². The van der Waals surface area contributed by atoms with Crippen molar-refractivity contribution in [3.63, 3.8) is 0 Å². The van der Waals surface area contributed by atoms with Crippen LogP contribution in [0.1, 0.15) is 6.92 Å². The lowest BCUT2D eigenvalue weighted by Crippen LogP contribution is -2.38. The van der Waals surface area contributed by atoms with E-state index in [0.717, 1.165) is 11.8 Å². The molecule has 0 aromatic carbocycles. The lowest BCUT2D eigenvalue weighted by Gasteiger charge is -2.35. The quantitative estimate of drug-likeness (QED) is 0.495. The summed E-state index contributed by atoms with van der Waals surface area (Å²) >= 11 is 1.06. The minimum atomic E-state index is -0.171. The summed E-state index contributed by atoms with van der Waals surface area (Å²) in [7, 11) is 0. The Balaban J connectivity index is 2.77. The van der Waals surface area contributed by atoms with Crippen LogP contribution in [0, 0.1) is 16.7 Å². The number of carbonyl (C=O) groups is 1. The van der Waals surface area contributed by atoms with E-state index in [-0.39, 0.29) is 16.1 Å². The zero-order valence-corrected chi connectivity index (χ0v) is 8.48. The number of hydrogen-bond acceptors (Lipinski definition) is 4. The second-order valence-corrected chi connectivity index (χ2v) is 4.09. The van der Waals surface area contributed by atoms with Gasteiger partial charge in [0.15, 0.2) is 0 Å². The van der Waals surface area contributed by atoms with Crippen molar-refractivity contribution in [1.29, 1.82) is 5.26 Å². The molecule has 1 heterocycles. The maximum Gasteiger partial charge on any atom is 0.229 e. The first-order chi connectivity index (χ1) is 6.11. The fraction of sp³-hybridized carbons (Fsp3) is 0.556. The van der Waals surface area contributed by atoms with Crippen LogP contribution in [0.15, 0.2) is 11.6 Å². The predicted octanol–water partition coefficient (Wildman–Crippen LogP) is 1.36. The molecular weight excluding hydrogens is 186 g/mol. The van der Waals surface area contributed by atoms with Crippen molar-refractivity contribution in [2.24, 2.45) is 5.41 Å². The molecule has 0 spiro atoms. The van der Waals surface area contributed by atoms with E-state index in [1.54, 1.807) is 12.3 Å². The normalized spacial score (nSPS) is 20.2. The molecule has 13 heavy (non-hydrogen) atoms. The monoisotopic (exact) mass is 197 g/mol. The standard InChI is InChI=1S/C9H11NO2S/c1-9(5-12-6-9)3-7(4-10)8(11)13-2/h3H,5-6H2,1-2H3/b7-3+. The van der Waals surface area contributed by atoms with Crippen LogP contribution in [0.4, 0.5) is 0 Å². The maximum atomic E-state index is 11.2. The summed E-state index contributed by atoms with van der Waals surface area (Å²) in [6.07, 6.45) is 3.39. The highest BCUT2D eigenvalue weighted by molar-refractivity contribution is 8.13. The molecular formula is C9H11NO2S. The summed E-state index contributed by atoms with van der Waals surface area (Å²) in [6, 6.07) is 1.91. The van der Waals surface area contributed by atoms with Crippen LogP contribution in [-0.4, -0.2) is 24.6 Å². The van der Waals surface area contributed by atoms with Crippen molar-refractivity contribution in [1.82, 2.24) is 0 Å². The Morgan fingerprint density at radius 1 is 1.69 bits per heavy atom. The third kappa shape index (κ3) is 2.33. The van der Waals surface area contributed by atoms with Gasteiger partial charge < -0.3 is 4.74 Å². The molecule has 1 fully saturated rings. The SMILES string of the molecule is CSC(=O)/C(C#N)=C/C1(C)COC1. The van der Waals surface area contributed by atoms with Crippen molar-refractivity contribution in [3.05, 3.63) is 11.6 Å². The molecule has 4 heteroatoms. The van der Waals surface area contributed by atoms with Crippen molar-refractivity contribution in [3.8, 4) is 6.07 Å². The van der Waals surface area contributed by atoms with Gasteiger partial charge in [-0.05, 0) is 6.26 Å². The lowest BCUT2D eigenvalue weighted by atomic mass is 9.87. The van der Waals surface area contributed by atoms with Crippen LogP contribution >= 0.6 is 11.8 Å². The highest BCUT2D eigenvalue weighted by atomic mass is 32.2. The van der Waals surface area contributed by atoms with Gasteiger partial charge in [0.25, 0.3) is 0 Å². The summed E-state index contributed by atoms with van der Waals surface area (Å²) in [4.78, 5) is 11.2. The number of nitriles is 1. The molecule has 0 saturated carbocycles. The van der Waals surface area contributed by atoms with Gasteiger partial charge in [-0.1, -0.05) is 24.8 Å². The first-order valence-corrected chi connectivity index (χ1v) is 5.13. The summed E-state index contributed by atoms with van der Waals surface area (Å²) in [5.74, 6) is 0. The van der Waals surface area contributed by atoms with E-state index >= 15 is 0 Å². The molecule has 0 N–H and O–H groups in total. The first kappa shape index (κ1) is 10.3. The third-order valence-corrected chi connectivity index (χ3v) is 2.47. The highest BCUT2D eigenvalue weighted by Gasteiger charge is 2.32. The fourth-order valence-corrected chi connectivity index (χ4v) is 1.43. The number of rotatable bonds is 2. The minimum Gasteiger partial charge on any atom is -0.379 e. The zero-order chi connectivity index (χ0) is 9.90. The van der Waals surface area contributed by atoms with Gasteiger partial charge in [0, 0.05) is 5.41 Å². The van der Waals surface area contributed by atoms with Crippen molar-refractivity contribution in [2.45, 2.75) is 6.92 Å². The molecule has 1 aliphatic rings. The second-order valence-electron chi connectivity index (χ2n) is 3.31. The molecule has 0 bridgehead atoms. The number of ether oxygens (including phenoxy) is 1. The van der Waals surface area contributed by atoms with E-state index in [9.17, 15) is 4.79 Å². The van der Waals surface area contributed by atoms with Gasteiger partial charge in [0.2, 0.25) is 5.12 Å². The smallest absolute Gasteiger partial charge is 0.229 e. The molecule has 0 aromatic heterocycles. The van der Waals surface area contributed by atoms with Crippen molar-refractivity contribution in [2.75, 3.05) is 19.5 Å². The van der Waals surface area contributed by atoms with Crippen LogP contribution < -0.4 is 0 Å². The number of carbonyl (C=O) groups excluding carboxylic acids is 1. The van der Waals surface area contributed by atoms with Crippen LogP contribution in [0.3, 0.4) is 0 Å². The molecule has 1 rings (SSSR count). The number of nitrogens with zero attached hydrogens (tertiary/aromatic N) is 1. The van der Waals surface area contributed by atoms with E-state index < -0.39 is 0 Å². The molecule has 0 radical (unpaired) electrons. The first-order valence-electron chi connectivity index (χ1n) is 3.90. The van der Waals surface area contributed by atoms with Gasteiger partial charge in [0.1, 0.15) is 11.6 Å². The van der Waals surface area contributed by atoms with E-state index in [1.807, 2.05) is 13.0 Å². The van der Waals surface area contributed by atoms with E-state index in [2.05, 4.69) is 0 Å². The molecule has 0 unspecified atom stereocenters. The summed E-state index contributed by atoms with van der Waals surface area (Å²) in [5.41, 5.74) is 0.120. The van der Waals surface area contributed by atoms with Crippen molar-refractivity contribution >= 4 is 16.9 Å². The lowest BCUT2D eigenvalue weighted by molar-refractivity contribution is -0.107. The third-order valence-electron chi connectivity index (χ3n) is 1.88. The Kier molecular flexibility index (Phi) is 3.12. The average molecular weight is 197 g/mol. The van der Waals surface area contributed by atoms with Gasteiger partial charge in [-0.25, -0.2) is 0 Å². The number of thioether (sulfide) groups is 1. The number of hydrogen-bond donors (Lipinski definition) is 0. The molecule has 1 saturated heterocycles. The Morgan fingerprint density at radius 3 is 2.62 bits per heavy atom. The Morgan fingerprint density at radius 2 is 2.31 bits per heavy atom. The summed E-state index contributed by atoms with van der Waals surface area (Å²) in [6.45, 7) is 3.17. The molecule has 1 aliphatic heterocycles. The van der Waals surface area contributed by atoms with Crippen LogP contribution in [-0.2, 0) is 9.53 Å². The van der Waals surface area contributed by atoms with Gasteiger partial charge in [-0.2, -0.15) is 5.26 Å². The van der Waals surface area contributed by atoms with E-state index in [0.29, 0.717) is 13.2 Å². The van der Waals surface area contributed by atoms with E-state index in [4.69, 9.17) is 10.00 Å². The summed E-state index contributed by atoms with van der Waals surface area (Å²) in [5, 5.41) is 8.55. The zero-order valence-electron chi connectivity index (χ0n) is 7.66. The van der Waals surface area contributed by atoms with Crippen LogP contribution in [0.5, 0.6) is 0 Å². The molecule has 70 valence electrons. The Labute approximate surface area is 81.8 Å². The Bertz CT molecular complexity index is 286. The van der Waals surface area contributed by atoms with Gasteiger partial charge in [-0.15, -0.1) is 0 Å². The minimum absolute atomic E-state index is 0.115. The van der Waals surface area contributed by atoms with Gasteiger partial charge >= 0.3 is 0 Å². The van der Waals surface area contributed by atoms with Crippen molar-refractivity contribution < 1.29 is 9.53 Å². The molecule has 0 aliphatic carbocycles. The average Bonchev–Trinajstić information content (AvgIpc) is 2.10. The second kappa shape index (κ2) is 3.95. The van der Waals surface area contributed by atoms with Gasteiger partial charge in [-0.3, -0.25) is 4.79 Å². The molecule has 3 nitrogen and oxygen atoms in total. The largest absolute Gasteiger partial charge is 0.379 e. The van der Waals surface area contributed by atoms with Gasteiger partial charge in [0.05, 0.1) is 13.2 Å². The summed E-state index contributed by atoms with van der Waals surface area (Å²) < 4.78 is 5.02. The highest BCUT2D eigenvalue weighted by Crippen LogP contribution is 2.30. The topological polar surface area (TPSA) is 50.1 Å².